The van der Waals surface area contributed by atoms with E-state index in [9.17, 15) is 0 Å². The molecule has 0 fully saturated rings. The first-order valence-electron chi connectivity index (χ1n) is 3.66. The van der Waals surface area contributed by atoms with Gasteiger partial charge >= 0.3 is 111 Å². The molecule has 0 saturated heterocycles. The zero-order chi connectivity index (χ0) is 9.71. The molecule has 4 radical (unpaired) electrons. The molecule has 0 atom stereocenters. The van der Waals surface area contributed by atoms with Gasteiger partial charge in [-0.25, -0.2) is 0 Å². The Labute approximate surface area is 109 Å². The van der Waals surface area contributed by atoms with Gasteiger partial charge in [0.15, 0.2) is 0 Å². The normalized spacial score (nSPS) is 12.0. The molecule has 0 aromatic carbocycles. The summed E-state index contributed by atoms with van der Waals surface area (Å²) in [5, 5.41) is -1.41. The van der Waals surface area contributed by atoms with E-state index in [-0.39, 0.29) is 21.1 Å². The van der Waals surface area contributed by atoms with Crippen LogP contribution in [0.3, 0.4) is 0 Å². The Morgan fingerprint density at radius 3 is 0.909 bits per heavy atom. The fraction of sp³-hybridized carbons (Fsp3) is 1.00. The average Bonchev–Trinajstić information content (AvgIpc) is 1.60. The molecule has 0 aliphatic rings. The summed E-state index contributed by atoms with van der Waals surface area (Å²) in [5.41, 5.74) is 0. The summed E-state index contributed by atoms with van der Waals surface area (Å²) in [6, 6.07) is 0. The van der Waals surface area contributed by atoms with Crippen LogP contribution in [0, 0.1) is 0 Å². The van der Waals surface area contributed by atoms with Crippen LogP contribution in [-0.4, -0.2) is 74.4 Å². The van der Waals surface area contributed by atoms with Crippen molar-refractivity contribution in [1.29, 1.82) is 0 Å². The molecule has 0 heterocycles. The molecule has 66 valence electrons. The minimum absolute atomic E-state index is 0.230. The van der Waals surface area contributed by atoms with E-state index in [1.807, 2.05) is 0 Å². The van der Waals surface area contributed by atoms with E-state index in [1.54, 1.807) is 0 Å². The van der Waals surface area contributed by atoms with E-state index in [0.717, 1.165) is 0 Å². The van der Waals surface area contributed by atoms with Gasteiger partial charge in [0.2, 0.25) is 0 Å². The third kappa shape index (κ3) is 10.7. The van der Waals surface area contributed by atoms with Gasteiger partial charge in [0, 0.05) is 0 Å². The van der Waals surface area contributed by atoms with Crippen LogP contribution < -0.4 is 0 Å². The first kappa shape index (κ1) is 16.2. The summed E-state index contributed by atoms with van der Waals surface area (Å²) in [6.07, 6.45) is 0. The summed E-state index contributed by atoms with van der Waals surface area (Å²) >= 11 is 5.04. The Kier molecular flexibility index (Phi) is 10.6. The second-order valence-electron chi connectivity index (χ2n) is 3.52. The predicted molar refractivity (Wildman–Crippen MR) is 64.0 cm³/mol. The van der Waals surface area contributed by atoms with Crippen LogP contribution in [0.1, 0.15) is 0 Å². The maximum absolute atomic E-state index is 2.48. The Balaban J connectivity index is 0. The third-order valence-corrected chi connectivity index (χ3v) is 50.5. The summed E-state index contributed by atoms with van der Waals surface area (Å²) in [6.45, 7) is 9.91. The van der Waals surface area contributed by atoms with Crippen molar-refractivity contribution in [2.45, 2.75) is 36.1 Å². The van der Waals surface area contributed by atoms with E-state index < -0.39 is 10.3 Å². The van der Waals surface area contributed by atoms with Gasteiger partial charge in [-0.05, 0) is 0 Å². The number of rotatable bonds is 1. The summed E-state index contributed by atoms with van der Waals surface area (Å²) in [5.74, 6) is 0. The van der Waals surface area contributed by atoms with Gasteiger partial charge in [-0.1, -0.05) is 0 Å². The predicted octanol–water partition coefficient (Wildman–Crippen LogP) is 1.60. The fourth-order valence-electron chi connectivity index (χ4n) is 0. The molecule has 0 aliphatic heterocycles. The van der Waals surface area contributed by atoms with Crippen LogP contribution in [0.5, 0.6) is 0 Å². The minimum atomic E-state index is -0.705. The molecule has 0 aliphatic carbocycles. The second kappa shape index (κ2) is 7.15. The Morgan fingerprint density at radius 2 is 0.909 bits per heavy atom. The first-order valence-corrected chi connectivity index (χ1v) is 23.2. The van der Waals surface area contributed by atoms with Crippen LogP contribution in [0.2, 0.25) is 36.1 Å². The van der Waals surface area contributed by atoms with Gasteiger partial charge in [-0.3, -0.25) is 0 Å². The zero-order valence-electron chi connectivity index (χ0n) is 8.32. The van der Waals surface area contributed by atoms with Crippen molar-refractivity contribution in [3.63, 3.8) is 0 Å². The van der Waals surface area contributed by atoms with E-state index in [1.165, 1.54) is 0 Å². The zero-order valence-corrected chi connectivity index (χ0v) is 17.8. The van der Waals surface area contributed by atoms with Crippen molar-refractivity contribution in [1.82, 2.24) is 0 Å². The molecule has 5 heteroatoms. The molecule has 0 aromatic rings. The van der Waals surface area contributed by atoms with Gasteiger partial charge in [-0.15, -0.1) is 0 Å². The summed E-state index contributed by atoms with van der Waals surface area (Å²) in [4.78, 5) is 4.59. The molecule has 0 spiro atoms. The molecule has 0 saturated carbocycles. The molecule has 0 amide bonds. The fourth-order valence-corrected chi connectivity index (χ4v) is 0. The van der Waals surface area contributed by atoms with Gasteiger partial charge in [0.25, 0.3) is 0 Å². The first-order chi connectivity index (χ1) is 4.66. The molecule has 11 heavy (non-hydrogen) atoms. The van der Waals surface area contributed by atoms with Crippen LogP contribution in [-0.2, 0) is 0 Å². The van der Waals surface area contributed by atoms with E-state index in [4.69, 9.17) is 0 Å². The van der Waals surface area contributed by atoms with Gasteiger partial charge in [0.05, 0.1) is 0 Å². The molecule has 0 nitrogen and oxygen atoms in total. The molecular weight excluding hydrogens is 502 g/mol. The number of hydrogen-bond acceptors (Lipinski definition) is 0. The number of hydrogen-bond donors (Lipinski definition) is 0. The monoisotopic (exact) mass is 526 g/mol. The van der Waals surface area contributed by atoms with E-state index in [2.05, 4.69) is 79.1 Å². The van der Waals surface area contributed by atoms with E-state index in [0.29, 0.717) is 0 Å². The van der Waals surface area contributed by atoms with Gasteiger partial charge < -0.3 is 0 Å². The third-order valence-electron chi connectivity index (χ3n) is 1.45. The Hall–Kier alpha value is 2.81. The van der Waals surface area contributed by atoms with Crippen molar-refractivity contribution < 1.29 is 0 Å². The van der Waals surface area contributed by atoms with Gasteiger partial charge in [0.1, 0.15) is 0 Å². The molecule has 0 N–H and O–H groups in total. The second-order valence-corrected chi connectivity index (χ2v) is 44.1. The van der Waals surface area contributed by atoms with Crippen LogP contribution >= 0.6 is 0 Å². The van der Waals surface area contributed by atoms with E-state index >= 15 is 0 Å². The SMILES string of the molecule is C[Si](C)([Te])[Si](C)(C)[Te].[CH3][Sn][CH3]. The van der Waals surface area contributed by atoms with Crippen molar-refractivity contribution in [3.8, 4) is 0 Å². The van der Waals surface area contributed by atoms with Crippen molar-refractivity contribution >= 4 is 74.4 Å². The molecule has 0 bridgehead atoms. The molecule has 0 rings (SSSR count). The molecule has 0 unspecified atom stereocenters. The average molecular weight is 520 g/mol. The standard InChI is InChI=1S/C4H12Si2Te2.2CH3.Sn/c1-5(2,7)6(3,4)8;;;/h1-4H3;2*1H3;. The van der Waals surface area contributed by atoms with Crippen LogP contribution in [0.25, 0.3) is 0 Å². The summed E-state index contributed by atoms with van der Waals surface area (Å²) in [7, 11) is 0. The quantitative estimate of drug-likeness (QED) is 0.462. The van der Waals surface area contributed by atoms with Crippen molar-refractivity contribution in [3.05, 3.63) is 0 Å². The van der Waals surface area contributed by atoms with Crippen molar-refractivity contribution in [2.24, 2.45) is 0 Å². The van der Waals surface area contributed by atoms with Gasteiger partial charge in [-0.2, -0.15) is 0 Å². The molecular formula is C6H18Si2SnTe2. The van der Waals surface area contributed by atoms with Crippen LogP contribution in [0.4, 0.5) is 0 Å². The molecule has 0 aromatic heterocycles. The van der Waals surface area contributed by atoms with Crippen LogP contribution in [0.15, 0.2) is 0 Å². The Morgan fingerprint density at radius 1 is 0.818 bits per heavy atom. The maximum atomic E-state index is 2.48. The topological polar surface area (TPSA) is 0 Å². The summed E-state index contributed by atoms with van der Waals surface area (Å²) < 4.78 is 0. The Bertz CT molecular complexity index is 83.7. The van der Waals surface area contributed by atoms with Crippen molar-refractivity contribution in [2.75, 3.05) is 0 Å².